The zero-order chi connectivity index (χ0) is 29.6. The molecule has 0 saturated heterocycles. The van der Waals surface area contributed by atoms with Gasteiger partial charge in [0.25, 0.3) is 0 Å². The highest BCUT2D eigenvalue weighted by molar-refractivity contribution is 6.34. The topological polar surface area (TPSA) is 35.1 Å². The normalized spacial score (nSPS) is 14.2. The molecule has 0 saturated carbocycles. The Balaban J connectivity index is 1.38. The summed E-state index contributed by atoms with van der Waals surface area (Å²) in [5, 5.41) is 8.64. The third-order valence-corrected chi connectivity index (χ3v) is 10.4. The molecule has 0 amide bonds. The first-order valence-corrected chi connectivity index (χ1v) is 15.6. The quantitative estimate of drug-likeness (QED) is 0.196. The molecule has 0 aliphatic heterocycles. The third-order valence-electron chi connectivity index (χ3n) is 10.4. The van der Waals surface area contributed by atoms with Gasteiger partial charge in [-0.1, -0.05) is 105 Å². The number of hydrogen-bond acceptors (Lipinski definition) is 2. The van der Waals surface area contributed by atoms with E-state index < -0.39 is 0 Å². The van der Waals surface area contributed by atoms with Gasteiger partial charge < -0.3 is 4.40 Å². The average molecular weight is 575 g/mol. The molecule has 4 heterocycles. The molecule has 0 radical (unpaired) electrons. The lowest BCUT2D eigenvalue weighted by atomic mass is 9.70. The average Bonchev–Trinajstić information content (AvgIpc) is 3.71. The summed E-state index contributed by atoms with van der Waals surface area (Å²) < 4.78 is 4.78. The van der Waals surface area contributed by atoms with E-state index in [0.29, 0.717) is 5.95 Å². The fraction of sp³-hybridized carbons (Fsp3) is 0.0732. The maximum Gasteiger partial charge on any atom is 0.235 e. The van der Waals surface area contributed by atoms with Crippen molar-refractivity contribution in [2.45, 2.75) is 19.3 Å². The summed E-state index contributed by atoms with van der Waals surface area (Å²) in [6, 6.07) is 44.0. The van der Waals surface area contributed by atoms with E-state index in [4.69, 9.17) is 9.97 Å². The van der Waals surface area contributed by atoms with E-state index in [1.165, 1.54) is 65.6 Å². The zero-order valence-corrected chi connectivity index (χ0v) is 24.8. The molecule has 210 valence electrons. The summed E-state index contributed by atoms with van der Waals surface area (Å²) in [5.74, 6) is 0.706. The Hall–Kier alpha value is -5.74. The molecule has 11 rings (SSSR count). The largest absolute Gasteiger partial charge is 0.308 e. The Bertz CT molecular complexity index is 2900. The number of benzene rings is 6. The summed E-state index contributed by atoms with van der Waals surface area (Å²) in [6.45, 7) is 4.63. The molecule has 4 nitrogen and oxygen atoms in total. The lowest BCUT2D eigenvalue weighted by molar-refractivity contribution is 0.643. The lowest BCUT2D eigenvalue weighted by Gasteiger charge is -2.34. The molecule has 6 aromatic carbocycles. The van der Waals surface area contributed by atoms with E-state index in [9.17, 15) is 0 Å². The molecular weight excluding hydrogens is 548 g/mol. The van der Waals surface area contributed by atoms with Crippen LogP contribution in [0.5, 0.6) is 0 Å². The molecule has 0 atom stereocenters. The lowest BCUT2D eigenvalue weighted by Crippen LogP contribution is -2.24. The molecule has 45 heavy (non-hydrogen) atoms. The second-order valence-corrected chi connectivity index (χ2v) is 13.0. The zero-order valence-electron chi connectivity index (χ0n) is 24.8. The van der Waals surface area contributed by atoms with E-state index in [-0.39, 0.29) is 5.41 Å². The van der Waals surface area contributed by atoms with Crippen LogP contribution >= 0.6 is 0 Å². The Labute approximate surface area is 258 Å². The van der Waals surface area contributed by atoms with Crippen molar-refractivity contribution in [1.82, 2.24) is 18.9 Å². The van der Waals surface area contributed by atoms with Crippen LogP contribution in [-0.4, -0.2) is 18.9 Å². The summed E-state index contributed by atoms with van der Waals surface area (Å²) in [4.78, 5) is 10.9. The van der Waals surface area contributed by atoms with E-state index in [1.807, 2.05) is 0 Å². The van der Waals surface area contributed by atoms with E-state index in [2.05, 4.69) is 144 Å². The summed E-state index contributed by atoms with van der Waals surface area (Å²) in [6.07, 6.45) is 0. The first-order chi connectivity index (χ1) is 22.1. The molecule has 0 spiro atoms. The third kappa shape index (κ3) is 2.71. The van der Waals surface area contributed by atoms with Crippen LogP contribution in [-0.2, 0) is 5.41 Å². The van der Waals surface area contributed by atoms with Gasteiger partial charge in [0.05, 0.1) is 38.8 Å². The van der Waals surface area contributed by atoms with Crippen LogP contribution in [0.15, 0.2) is 121 Å². The maximum atomic E-state index is 5.50. The van der Waals surface area contributed by atoms with Crippen molar-refractivity contribution in [2.75, 3.05) is 0 Å². The van der Waals surface area contributed by atoms with Crippen LogP contribution in [0.3, 0.4) is 0 Å². The van der Waals surface area contributed by atoms with Crippen LogP contribution < -0.4 is 0 Å². The summed E-state index contributed by atoms with van der Waals surface area (Å²) >= 11 is 0. The Morgan fingerprint density at radius 3 is 1.96 bits per heavy atom. The van der Waals surface area contributed by atoms with Crippen molar-refractivity contribution in [1.29, 1.82) is 0 Å². The number of hydrogen-bond donors (Lipinski definition) is 0. The molecular formula is C41H26N4. The molecule has 0 N–H and O–H groups in total. The molecule has 0 fully saturated rings. The molecule has 0 unspecified atom stereocenters. The van der Waals surface area contributed by atoms with Gasteiger partial charge in [0.15, 0.2) is 0 Å². The van der Waals surface area contributed by atoms with Crippen molar-refractivity contribution in [3.8, 4) is 17.2 Å². The minimum Gasteiger partial charge on any atom is -0.308 e. The van der Waals surface area contributed by atoms with Crippen molar-refractivity contribution < 1.29 is 0 Å². The highest BCUT2D eigenvalue weighted by Gasteiger charge is 2.35. The van der Waals surface area contributed by atoms with Crippen LogP contribution in [0.2, 0.25) is 0 Å². The van der Waals surface area contributed by atoms with Gasteiger partial charge in [-0.05, 0) is 41.5 Å². The van der Waals surface area contributed by atoms with Crippen LogP contribution in [0.1, 0.15) is 25.0 Å². The first-order valence-electron chi connectivity index (χ1n) is 15.6. The van der Waals surface area contributed by atoms with Gasteiger partial charge >= 0.3 is 0 Å². The van der Waals surface area contributed by atoms with Gasteiger partial charge in [-0.25, -0.2) is 9.97 Å². The number of aromatic nitrogens is 4. The van der Waals surface area contributed by atoms with E-state index >= 15 is 0 Å². The second-order valence-electron chi connectivity index (χ2n) is 13.0. The Morgan fingerprint density at radius 2 is 1.13 bits per heavy atom. The fourth-order valence-electron chi connectivity index (χ4n) is 8.53. The number of para-hydroxylation sites is 3. The molecule has 10 aromatic rings. The van der Waals surface area contributed by atoms with Crippen molar-refractivity contribution in [3.63, 3.8) is 0 Å². The Morgan fingerprint density at radius 1 is 0.511 bits per heavy atom. The van der Waals surface area contributed by atoms with Gasteiger partial charge in [-0.15, -0.1) is 0 Å². The van der Waals surface area contributed by atoms with E-state index in [0.717, 1.165) is 27.6 Å². The standard InChI is InChI=1S/C41H26N4/c1-41(2)29-16-7-3-14-25(29)37-36-30(41)17-11-18-31(36)42-40(43-37)45-33-20-9-5-13-24(33)28-22-27-23-12-4-8-19-32(23)44-34-21-10-6-15-26(34)35(38(27)44)39(28)45/h3-22H,1-2H3. The Kier molecular flexibility index (Phi) is 4.13. The summed E-state index contributed by atoms with van der Waals surface area (Å²) in [7, 11) is 0. The fourth-order valence-corrected chi connectivity index (χ4v) is 8.53. The van der Waals surface area contributed by atoms with Crippen molar-refractivity contribution in [3.05, 3.63) is 132 Å². The highest BCUT2D eigenvalue weighted by Crippen LogP contribution is 2.49. The van der Waals surface area contributed by atoms with Gasteiger partial charge in [0.1, 0.15) is 0 Å². The van der Waals surface area contributed by atoms with Crippen molar-refractivity contribution >= 4 is 70.8 Å². The van der Waals surface area contributed by atoms with Gasteiger partial charge in [0.2, 0.25) is 5.95 Å². The number of nitrogens with zero attached hydrogens (tertiary/aromatic N) is 4. The smallest absolute Gasteiger partial charge is 0.235 e. The van der Waals surface area contributed by atoms with Gasteiger partial charge in [0, 0.05) is 48.7 Å². The van der Waals surface area contributed by atoms with Gasteiger partial charge in [-0.2, -0.15) is 0 Å². The first kappa shape index (κ1) is 23.7. The molecule has 4 aromatic heterocycles. The highest BCUT2D eigenvalue weighted by atomic mass is 15.2. The maximum absolute atomic E-state index is 5.50. The second kappa shape index (κ2) is 7.85. The van der Waals surface area contributed by atoms with E-state index in [1.54, 1.807) is 0 Å². The van der Waals surface area contributed by atoms with Crippen LogP contribution in [0.25, 0.3) is 88.0 Å². The predicted octanol–water partition coefficient (Wildman–Crippen LogP) is 10.2. The molecule has 1 aliphatic carbocycles. The predicted molar refractivity (Wildman–Crippen MR) is 186 cm³/mol. The monoisotopic (exact) mass is 574 g/mol. The molecule has 1 aliphatic rings. The minimum atomic E-state index is -0.143. The van der Waals surface area contributed by atoms with Gasteiger partial charge in [-0.3, -0.25) is 4.57 Å². The number of rotatable bonds is 1. The van der Waals surface area contributed by atoms with Crippen LogP contribution in [0, 0.1) is 0 Å². The summed E-state index contributed by atoms with van der Waals surface area (Å²) in [5.41, 5.74) is 11.6. The van der Waals surface area contributed by atoms with Crippen LogP contribution in [0.4, 0.5) is 0 Å². The molecule has 0 bridgehead atoms. The minimum absolute atomic E-state index is 0.143. The van der Waals surface area contributed by atoms with Crippen molar-refractivity contribution in [2.24, 2.45) is 0 Å². The SMILES string of the molecule is CC1(C)c2ccccc2-c2nc(-n3c4ccccc4c4cc5c6ccccc6n6c7ccccc7c(c43)c56)nc3cccc1c23. The molecule has 4 heteroatoms. The number of fused-ring (bicyclic) bond motifs is 12.